The Hall–Kier alpha value is -2.24. The van der Waals surface area contributed by atoms with Crippen LogP contribution < -0.4 is 10.6 Å². The van der Waals surface area contributed by atoms with Gasteiger partial charge in [-0.05, 0) is 43.3 Å². The first-order valence-corrected chi connectivity index (χ1v) is 7.55. The summed E-state index contributed by atoms with van der Waals surface area (Å²) in [7, 11) is 0. The maximum atomic E-state index is 12.0. The molecule has 0 aromatic heterocycles. The molecule has 0 bridgehead atoms. The average Bonchev–Trinajstić information content (AvgIpc) is 2.51. The second-order valence-corrected chi connectivity index (χ2v) is 5.32. The number of benzene rings is 2. The summed E-state index contributed by atoms with van der Waals surface area (Å²) >= 11 is 11.7. The van der Waals surface area contributed by atoms with E-state index in [0.717, 1.165) is 0 Å². The largest absolute Gasteiger partial charge is 0.462 e. The molecule has 0 radical (unpaired) electrons. The zero-order valence-electron chi connectivity index (χ0n) is 12.2. The monoisotopic (exact) mass is 352 g/mol. The van der Waals surface area contributed by atoms with Crippen LogP contribution in [0.25, 0.3) is 0 Å². The quantitative estimate of drug-likeness (QED) is 0.775. The molecular weight excluding hydrogens is 339 g/mol. The van der Waals surface area contributed by atoms with Gasteiger partial charge >= 0.3 is 12.0 Å². The summed E-state index contributed by atoms with van der Waals surface area (Å²) in [5.74, 6) is -0.443. The molecule has 2 N–H and O–H groups in total. The third-order valence-electron chi connectivity index (χ3n) is 2.81. The Bertz CT molecular complexity index is 735. The van der Waals surface area contributed by atoms with Gasteiger partial charge in [0.25, 0.3) is 0 Å². The standard InChI is InChI=1S/C16H14Cl2N2O3/c1-2-23-15(21)10-4-3-5-11(8-10)19-16(22)20-12-6-7-13(17)14(18)9-12/h3-9H,2H2,1H3,(H2,19,20,22). The number of urea groups is 1. The van der Waals surface area contributed by atoms with Crippen molar-refractivity contribution in [1.29, 1.82) is 0 Å². The van der Waals surface area contributed by atoms with Gasteiger partial charge in [-0.3, -0.25) is 0 Å². The zero-order valence-corrected chi connectivity index (χ0v) is 13.7. The number of halogens is 2. The number of esters is 1. The molecule has 2 aromatic carbocycles. The summed E-state index contributed by atoms with van der Waals surface area (Å²) in [6.07, 6.45) is 0. The lowest BCUT2D eigenvalue weighted by molar-refractivity contribution is 0.0526. The molecule has 5 nitrogen and oxygen atoms in total. The molecule has 0 heterocycles. The van der Waals surface area contributed by atoms with Crippen molar-refractivity contribution in [1.82, 2.24) is 0 Å². The van der Waals surface area contributed by atoms with Crippen LogP contribution in [0.4, 0.5) is 16.2 Å². The van der Waals surface area contributed by atoms with Crippen LogP contribution in [0.15, 0.2) is 42.5 Å². The number of rotatable bonds is 4. The summed E-state index contributed by atoms with van der Waals surface area (Å²) in [4.78, 5) is 23.6. The topological polar surface area (TPSA) is 67.4 Å². The minimum absolute atomic E-state index is 0.286. The van der Waals surface area contributed by atoms with Gasteiger partial charge in [0.05, 0.1) is 22.2 Å². The molecule has 7 heteroatoms. The molecule has 0 unspecified atom stereocenters. The first kappa shape index (κ1) is 17.1. The molecule has 0 atom stereocenters. The molecule has 0 aliphatic heterocycles. The molecule has 0 saturated carbocycles. The minimum Gasteiger partial charge on any atom is -0.462 e. The highest BCUT2D eigenvalue weighted by Gasteiger charge is 2.09. The number of amides is 2. The number of carbonyl (C=O) groups excluding carboxylic acids is 2. The second-order valence-electron chi connectivity index (χ2n) is 4.51. The van der Waals surface area contributed by atoms with Crippen molar-refractivity contribution in [2.75, 3.05) is 17.2 Å². The Morgan fingerprint density at radius 1 is 1.00 bits per heavy atom. The van der Waals surface area contributed by atoms with Gasteiger partial charge in [-0.2, -0.15) is 0 Å². The molecule has 0 saturated heterocycles. The van der Waals surface area contributed by atoms with Crippen LogP contribution >= 0.6 is 23.2 Å². The molecule has 2 amide bonds. The molecule has 120 valence electrons. The van der Waals surface area contributed by atoms with Crippen LogP contribution in [0.3, 0.4) is 0 Å². The Kier molecular flexibility index (Phi) is 5.84. The maximum Gasteiger partial charge on any atom is 0.338 e. The van der Waals surface area contributed by atoms with Gasteiger partial charge in [-0.25, -0.2) is 9.59 Å². The smallest absolute Gasteiger partial charge is 0.338 e. The van der Waals surface area contributed by atoms with Gasteiger partial charge < -0.3 is 15.4 Å². The van der Waals surface area contributed by atoms with Crippen LogP contribution in [0.2, 0.25) is 10.0 Å². The highest BCUT2D eigenvalue weighted by Crippen LogP contribution is 2.25. The van der Waals surface area contributed by atoms with E-state index in [-0.39, 0.29) is 6.61 Å². The van der Waals surface area contributed by atoms with E-state index in [4.69, 9.17) is 27.9 Å². The molecule has 2 rings (SSSR count). The van der Waals surface area contributed by atoms with E-state index < -0.39 is 12.0 Å². The van der Waals surface area contributed by atoms with Gasteiger partial charge in [0, 0.05) is 11.4 Å². The average molecular weight is 353 g/mol. The zero-order chi connectivity index (χ0) is 16.8. The highest BCUT2D eigenvalue weighted by atomic mass is 35.5. The number of hydrogen-bond donors (Lipinski definition) is 2. The summed E-state index contributed by atoms with van der Waals surface area (Å²) in [5.41, 5.74) is 1.32. The lowest BCUT2D eigenvalue weighted by Gasteiger charge is -2.09. The molecule has 0 aliphatic carbocycles. The summed E-state index contributed by atoms with van der Waals surface area (Å²) in [6.45, 7) is 2.01. The Morgan fingerprint density at radius 2 is 1.70 bits per heavy atom. The van der Waals surface area contributed by atoms with Crippen molar-refractivity contribution in [3.8, 4) is 0 Å². The van der Waals surface area contributed by atoms with E-state index >= 15 is 0 Å². The van der Waals surface area contributed by atoms with E-state index in [2.05, 4.69) is 10.6 Å². The van der Waals surface area contributed by atoms with E-state index in [1.807, 2.05) is 0 Å². The highest BCUT2D eigenvalue weighted by molar-refractivity contribution is 6.42. The van der Waals surface area contributed by atoms with E-state index in [1.165, 1.54) is 6.07 Å². The fourth-order valence-corrected chi connectivity index (χ4v) is 2.10. The van der Waals surface area contributed by atoms with E-state index in [1.54, 1.807) is 43.3 Å². The molecule has 2 aromatic rings. The SMILES string of the molecule is CCOC(=O)c1cccc(NC(=O)Nc2ccc(Cl)c(Cl)c2)c1. The number of nitrogens with one attached hydrogen (secondary N) is 2. The van der Waals surface area contributed by atoms with Crippen LogP contribution in [-0.4, -0.2) is 18.6 Å². The van der Waals surface area contributed by atoms with Crippen molar-refractivity contribution in [2.45, 2.75) is 6.92 Å². The van der Waals surface area contributed by atoms with Crippen LogP contribution in [-0.2, 0) is 4.74 Å². The lowest BCUT2D eigenvalue weighted by Crippen LogP contribution is -2.19. The molecule has 23 heavy (non-hydrogen) atoms. The normalized spacial score (nSPS) is 10.0. The van der Waals surface area contributed by atoms with E-state index in [0.29, 0.717) is 27.0 Å². The fraction of sp³-hybridized carbons (Fsp3) is 0.125. The van der Waals surface area contributed by atoms with Crippen molar-refractivity contribution >= 4 is 46.6 Å². The van der Waals surface area contributed by atoms with Crippen molar-refractivity contribution in [3.05, 3.63) is 58.1 Å². The lowest BCUT2D eigenvalue weighted by atomic mass is 10.2. The van der Waals surface area contributed by atoms with Crippen LogP contribution in [0.5, 0.6) is 0 Å². The molecule has 0 fully saturated rings. The Morgan fingerprint density at radius 3 is 2.35 bits per heavy atom. The summed E-state index contributed by atoms with van der Waals surface area (Å²) < 4.78 is 4.91. The maximum absolute atomic E-state index is 12.0. The van der Waals surface area contributed by atoms with Gasteiger partial charge in [0.1, 0.15) is 0 Å². The van der Waals surface area contributed by atoms with Gasteiger partial charge in [0.2, 0.25) is 0 Å². The third kappa shape index (κ3) is 4.87. The molecule has 0 aliphatic rings. The molecule has 0 spiro atoms. The predicted molar refractivity (Wildman–Crippen MR) is 91.5 cm³/mol. The number of ether oxygens (including phenoxy) is 1. The molecular formula is C16H14Cl2N2O3. The van der Waals surface area contributed by atoms with Gasteiger partial charge in [0.15, 0.2) is 0 Å². The Labute approximate surface area is 143 Å². The van der Waals surface area contributed by atoms with Crippen LogP contribution in [0.1, 0.15) is 17.3 Å². The Balaban J connectivity index is 2.03. The van der Waals surface area contributed by atoms with E-state index in [9.17, 15) is 9.59 Å². The first-order chi connectivity index (χ1) is 11.0. The fourth-order valence-electron chi connectivity index (χ4n) is 1.81. The van der Waals surface area contributed by atoms with Gasteiger partial charge in [-0.1, -0.05) is 29.3 Å². The number of anilines is 2. The third-order valence-corrected chi connectivity index (χ3v) is 3.55. The second kappa shape index (κ2) is 7.85. The van der Waals surface area contributed by atoms with Crippen LogP contribution in [0, 0.1) is 0 Å². The van der Waals surface area contributed by atoms with Crippen molar-refractivity contribution in [2.24, 2.45) is 0 Å². The summed E-state index contributed by atoms with van der Waals surface area (Å²) in [5, 5.41) is 5.99. The predicted octanol–water partition coefficient (Wildman–Crippen LogP) is 4.81. The first-order valence-electron chi connectivity index (χ1n) is 6.80. The minimum atomic E-state index is -0.468. The number of hydrogen-bond acceptors (Lipinski definition) is 3. The van der Waals surface area contributed by atoms with Crippen molar-refractivity contribution in [3.63, 3.8) is 0 Å². The van der Waals surface area contributed by atoms with Gasteiger partial charge in [-0.15, -0.1) is 0 Å². The summed E-state index contributed by atoms with van der Waals surface area (Å²) in [6, 6.07) is 10.7. The number of carbonyl (C=O) groups is 2. The van der Waals surface area contributed by atoms with Crippen molar-refractivity contribution < 1.29 is 14.3 Å².